The number of carbonyl (C=O) groups is 2. The number of primary amides is 1. The Balaban J connectivity index is 2.23. The molecule has 1 heterocycles. The minimum absolute atomic E-state index is 0.360. The van der Waals surface area contributed by atoms with Crippen LogP contribution in [0.2, 0.25) is 0 Å². The highest BCUT2D eigenvalue weighted by Gasteiger charge is 2.21. The standard InChI is InChI=1S/C15H16N2O4S/c1-8-12(15(19)21-9(2)13(16)18)22-14(17-8)10-4-6-11(20-3)7-5-10/h4-7,9H,1-3H3,(H2,16,18)/t9-/m1/s1. The number of thiazole rings is 1. The van der Waals surface area contributed by atoms with E-state index in [0.717, 1.165) is 11.3 Å². The van der Waals surface area contributed by atoms with E-state index in [1.165, 1.54) is 18.3 Å². The SMILES string of the molecule is COc1ccc(-c2nc(C)c(C(=O)O[C@H](C)C(N)=O)s2)cc1. The van der Waals surface area contributed by atoms with Crippen molar-refractivity contribution < 1.29 is 19.1 Å². The minimum Gasteiger partial charge on any atom is -0.497 e. The highest BCUT2D eigenvalue weighted by Crippen LogP contribution is 2.29. The molecule has 0 aliphatic carbocycles. The van der Waals surface area contributed by atoms with Crippen molar-refractivity contribution in [1.29, 1.82) is 0 Å². The Morgan fingerprint density at radius 2 is 1.91 bits per heavy atom. The van der Waals surface area contributed by atoms with Gasteiger partial charge in [-0.1, -0.05) is 0 Å². The lowest BCUT2D eigenvalue weighted by molar-refractivity contribution is -0.125. The first-order chi connectivity index (χ1) is 10.4. The van der Waals surface area contributed by atoms with Crippen molar-refractivity contribution >= 4 is 23.2 Å². The molecule has 0 radical (unpaired) electrons. The Hall–Kier alpha value is -2.41. The Labute approximate surface area is 131 Å². The summed E-state index contributed by atoms with van der Waals surface area (Å²) in [6, 6.07) is 7.36. The summed E-state index contributed by atoms with van der Waals surface area (Å²) < 4.78 is 10.1. The Morgan fingerprint density at radius 1 is 1.27 bits per heavy atom. The molecule has 116 valence electrons. The zero-order valence-electron chi connectivity index (χ0n) is 12.5. The van der Waals surface area contributed by atoms with Crippen molar-refractivity contribution in [1.82, 2.24) is 4.98 Å². The Morgan fingerprint density at radius 3 is 2.45 bits per heavy atom. The second-order valence-electron chi connectivity index (χ2n) is 4.61. The summed E-state index contributed by atoms with van der Waals surface area (Å²) in [6.45, 7) is 3.15. The zero-order chi connectivity index (χ0) is 16.3. The molecule has 0 aliphatic rings. The molecule has 0 fully saturated rings. The number of methoxy groups -OCH3 is 1. The highest BCUT2D eigenvalue weighted by atomic mass is 32.1. The van der Waals surface area contributed by atoms with Gasteiger partial charge in [-0.25, -0.2) is 9.78 Å². The maximum Gasteiger partial charge on any atom is 0.351 e. The maximum absolute atomic E-state index is 12.0. The highest BCUT2D eigenvalue weighted by molar-refractivity contribution is 7.17. The number of carbonyl (C=O) groups excluding carboxylic acids is 2. The van der Waals surface area contributed by atoms with Gasteiger partial charge in [0, 0.05) is 5.56 Å². The third kappa shape index (κ3) is 3.43. The van der Waals surface area contributed by atoms with Gasteiger partial charge >= 0.3 is 5.97 Å². The van der Waals surface area contributed by atoms with Gasteiger partial charge in [0.05, 0.1) is 12.8 Å². The molecule has 1 aromatic carbocycles. The quantitative estimate of drug-likeness (QED) is 0.852. The van der Waals surface area contributed by atoms with E-state index in [4.69, 9.17) is 15.2 Å². The number of esters is 1. The van der Waals surface area contributed by atoms with Crippen LogP contribution in [0.4, 0.5) is 0 Å². The maximum atomic E-state index is 12.0. The number of nitrogens with zero attached hydrogens (tertiary/aromatic N) is 1. The average molecular weight is 320 g/mol. The van der Waals surface area contributed by atoms with Gasteiger partial charge in [0.2, 0.25) is 0 Å². The van der Waals surface area contributed by atoms with Gasteiger partial charge in [0.25, 0.3) is 5.91 Å². The zero-order valence-corrected chi connectivity index (χ0v) is 13.3. The molecule has 0 saturated carbocycles. The molecular weight excluding hydrogens is 304 g/mol. The van der Waals surface area contributed by atoms with Crippen molar-refractivity contribution in [2.45, 2.75) is 20.0 Å². The Bertz CT molecular complexity index is 694. The fourth-order valence-electron chi connectivity index (χ4n) is 1.72. The second-order valence-corrected chi connectivity index (χ2v) is 5.61. The predicted octanol–water partition coefficient (Wildman–Crippen LogP) is 2.16. The van der Waals surface area contributed by atoms with Crippen LogP contribution in [0, 0.1) is 6.92 Å². The van der Waals surface area contributed by atoms with Crippen LogP contribution in [0.1, 0.15) is 22.3 Å². The number of benzene rings is 1. The van der Waals surface area contributed by atoms with Crippen LogP contribution in [-0.4, -0.2) is 30.1 Å². The van der Waals surface area contributed by atoms with Gasteiger partial charge < -0.3 is 15.2 Å². The molecule has 7 heteroatoms. The number of aryl methyl sites for hydroxylation is 1. The summed E-state index contributed by atoms with van der Waals surface area (Å²) in [5, 5.41) is 0.693. The van der Waals surface area contributed by atoms with Gasteiger partial charge in [-0.3, -0.25) is 4.79 Å². The third-order valence-electron chi connectivity index (χ3n) is 3.00. The number of amides is 1. The summed E-state index contributed by atoms with van der Waals surface area (Å²) >= 11 is 1.21. The van der Waals surface area contributed by atoms with E-state index < -0.39 is 18.0 Å². The summed E-state index contributed by atoms with van der Waals surface area (Å²) in [6.07, 6.45) is -0.974. The van der Waals surface area contributed by atoms with E-state index in [9.17, 15) is 9.59 Å². The van der Waals surface area contributed by atoms with Crippen molar-refractivity contribution in [2.75, 3.05) is 7.11 Å². The van der Waals surface area contributed by atoms with Crippen LogP contribution in [0.25, 0.3) is 10.6 Å². The van der Waals surface area contributed by atoms with Crippen LogP contribution in [0.15, 0.2) is 24.3 Å². The first-order valence-electron chi connectivity index (χ1n) is 6.54. The van der Waals surface area contributed by atoms with Gasteiger partial charge in [-0.2, -0.15) is 0 Å². The smallest absolute Gasteiger partial charge is 0.351 e. The molecule has 0 unspecified atom stereocenters. The molecule has 0 spiro atoms. The molecular formula is C15H16N2O4S. The molecule has 2 rings (SSSR count). The van der Waals surface area contributed by atoms with Crippen LogP contribution < -0.4 is 10.5 Å². The molecule has 2 N–H and O–H groups in total. The molecule has 1 aromatic heterocycles. The normalized spacial score (nSPS) is 11.8. The van der Waals surface area contributed by atoms with Gasteiger partial charge in [-0.15, -0.1) is 11.3 Å². The molecule has 1 atom stereocenters. The fraction of sp³-hybridized carbons (Fsp3) is 0.267. The van der Waals surface area contributed by atoms with Gasteiger partial charge in [0.15, 0.2) is 6.10 Å². The van der Waals surface area contributed by atoms with Gasteiger partial charge in [0.1, 0.15) is 15.6 Å². The largest absolute Gasteiger partial charge is 0.497 e. The minimum atomic E-state index is -0.974. The van der Waals surface area contributed by atoms with Crippen LogP contribution in [0.5, 0.6) is 5.75 Å². The Kier molecular flexibility index (Phi) is 4.77. The lowest BCUT2D eigenvalue weighted by atomic mass is 10.2. The monoisotopic (exact) mass is 320 g/mol. The first-order valence-corrected chi connectivity index (χ1v) is 7.36. The summed E-state index contributed by atoms with van der Waals surface area (Å²) in [5.41, 5.74) is 6.51. The van der Waals surface area contributed by atoms with Crippen LogP contribution in [-0.2, 0) is 9.53 Å². The van der Waals surface area contributed by atoms with Crippen LogP contribution in [0.3, 0.4) is 0 Å². The summed E-state index contributed by atoms with van der Waals surface area (Å²) in [5.74, 6) is -0.543. The number of hydrogen-bond acceptors (Lipinski definition) is 6. The number of aromatic nitrogens is 1. The van der Waals surface area contributed by atoms with E-state index in [1.807, 2.05) is 24.3 Å². The predicted molar refractivity (Wildman–Crippen MR) is 82.9 cm³/mol. The topological polar surface area (TPSA) is 91.5 Å². The number of hydrogen-bond donors (Lipinski definition) is 1. The molecule has 1 amide bonds. The fourth-order valence-corrected chi connectivity index (χ4v) is 2.67. The van der Waals surface area contributed by atoms with Crippen molar-refractivity contribution in [3.8, 4) is 16.3 Å². The second kappa shape index (κ2) is 6.57. The van der Waals surface area contributed by atoms with E-state index in [0.29, 0.717) is 15.6 Å². The van der Waals surface area contributed by atoms with E-state index in [2.05, 4.69) is 4.98 Å². The number of rotatable bonds is 5. The van der Waals surface area contributed by atoms with E-state index in [-0.39, 0.29) is 0 Å². The van der Waals surface area contributed by atoms with Crippen molar-refractivity contribution in [3.63, 3.8) is 0 Å². The molecule has 22 heavy (non-hydrogen) atoms. The number of ether oxygens (including phenoxy) is 2. The molecule has 0 aliphatic heterocycles. The van der Waals surface area contributed by atoms with Crippen LogP contribution >= 0.6 is 11.3 Å². The summed E-state index contributed by atoms with van der Waals surface area (Å²) in [4.78, 5) is 27.7. The average Bonchev–Trinajstić information content (AvgIpc) is 2.89. The lowest BCUT2D eigenvalue weighted by Gasteiger charge is -2.08. The summed E-state index contributed by atoms with van der Waals surface area (Å²) in [7, 11) is 1.59. The molecule has 6 nitrogen and oxygen atoms in total. The number of nitrogens with two attached hydrogens (primary N) is 1. The van der Waals surface area contributed by atoms with E-state index in [1.54, 1.807) is 14.0 Å². The van der Waals surface area contributed by atoms with Gasteiger partial charge in [-0.05, 0) is 38.1 Å². The lowest BCUT2D eigenvalue weighted by Crippen LogP contribution is -2.30. The first kappa shape index (κ1) is 16.0. The van der Waals surface area contributed by atoms with Crippen molar-refractivity contribution in [3.05, 3.63) is 34.8 Å². The van der Waals surface area contributed by atoms with Crippen molar-refractivity contribution in [2.24, 2.45) is 5.73 Å². The molecule has 2 aromatic rings. The molecule has 0 saturated heterocycles. The molecule has 0 bridgehead atoms. The van der Waals surface area contributed by atoms with E-state index >= 15 is 0 Å². The third-order valence-corrected chi connectivity index (χ3v) is 4.19.